The number of thiophene rings is 1. The van der Waals surface area contributed by atoms with Gasteiger partial charge in [-0.2, -0.15) is 0 Å². The zero-order valence-electron chi connectivity index (χ0n) is 13.7. The number of rotatable bonds is 3. The Balaban J connectivity index is 1.90. The molecule has 3 aromatic rings. The van der Waals surface area contributed by atoms with Crippen LogP contribution in [0.3, 0.4) is 0 Å². The van der Waals surface area contributed by atoms with Crippen molar-refractivity contribution in [3.05, 3.63) is 76.2 Å². The zero-order valence-corrected chi connectivity index (χ0v) is 14.5. The van der Waals surface area contributed by atoms with E-state index in [4.69, 9.17) is 0 Å². The largest absolute Gasteiger partial charge is 0.478 e. The third-order valence-electron chi connectivity index (χ3n) is 4.42. The van der Waals surface area contributed by atoms with Crippen LogP contribution in [0.1, 0.15) is 36.6 Å². The number of carbonyl (C=O) groups is 3. The molecule has 0 aliphatic carbocycles. The van der Waals surface area contributed by atoms with E-state index in [1.807, 2.05) is 31.2 Å². The summed E-state index contributed by atoms with van der Waals surface area (Å²) in [5, 5.41) is 11.6. The van der Waals surface area contributed by atoms with Gasteiger partial charge in [0, 0.05) is 10.9 Å². The van der Waals surface area contributed by atoms with Crippen molar-refractivity contribution in [2.45, 2.75) is 6.92 Å². The summed E-state index contributed by atoms with van der Waals surface area (Å²) in [6.45, 7) is 1.89. The first-order chi connectivity index (χ1) is 12.5. The SMILES string of the molecule is Cc1ccccc1-c1csc(N2C(=O)c3ccccc3C2=O)c1C(=O)O. The standard InChI is InChI=1S/C20H13NO4S/c1-11-6-2-3-7-12(11)15-10-26-19(16(15)20(24)25)21-17(22)13-8-4-5-9-14(13)18(21)23/h2-10H,1H3,(H,24,25). The molecule has 2 heterocycles. The van der Waals surface area contributed by atoms with E-state index in [9.17, 15) is 19.5 Å². The molecule has 4 rings (SSSR count). The van der Waals surface area contributed by atoms with Gasteiger partial charge in [-0.15, -0.1) is 11.3 Å². The Morgan fingerprint density at radius 3 is 1.96 bits per heavy atom. The predicted molar refractivity (Wildman–Crippen MR) is 99.0 cm³/mol. The zero-order chi connectivity index (χ0) is 18.4. The number of carbonyl (C=O) groups excluding carboxylic acids is 2. The van der Waals surface area contributed by atoms with E-state index in [0.29, 0.717) is 16.7 Å². The summed E-state index contributed by atoms with van der Waals surface area (Å²) < 4.78 is 0. The molecule has 0 bridgehead atoms. The molecular formula is C20H13NO4S. The van der Waals surface area contributed by atoms with Gasteiger partial charge in [0.15, 0.2) is 0 Å². The summed E-state index contributed by atoms with van der Waals surface area (Å²) in [5.41, 5.74) is 2.75. The molecule has 5 nitrogen and oxygen atoms in total. The van der Waals surface area contributed by atoms with Crippen molar-refractivity contribution in [2.24, 2.45) is 0 Å². The van der Waals surface area contributed by atoms with E-state index in [0.717, 1.165) is 27.4 Å². The molecular weight excluding hydrogens is 350 g/mol. The monoisotopic (exact) mass is 363 g/mol. The Morgan fingerprint density at radius 1 is 0.885 bits per heavy atom. The maximum absolute atomic E-state index is 12.7. The number of imide groups is 1. The highest BCUT2D eigenvalue weighted by atomic mass is 32.1. The Morgan fingerprint density at radius 2 is 1.42 bits per heavy atom. The second-order valence-corrected chi connectivity index (χ2v) is 6.80. The molecule has 0 spiro atoms. The topological polar surface area (TPSA) is 74.7 Å². The van der Waals surface area contributed by atoms with Crippen LogP contribution in [-0.4, -0.2) is 22.9 Å². The van der Waals surface area contributed by atoms with Crippen molar-refractivity contribution >= 4 is 34.1 Å². The van der Waals surface area contributed by atoms with Gasteiger partial charge in [0.2, 0.25) is 0 Å². The third kappa shape index (κ3) is 2.27. The molecule has 0 fully saturated rings. The average Bonchev–Trinajstić information content (AvgIpc) is 3.16. The molecule has 1 aromatic heterocycles. The van der Waals surface area contributed by atoms with Crippen LogP contribution >= 0.6 is 11.3 Å². The van der Waals surface area contributed by atoms with E-state index in [1.165, 1.54) is 0 Å². The lowest BCUT2D eigenvalue weighted by Gasteiger charge is -2.13. The molecule has 0 radical (unpaired) electrons. The Kier molecular flexibility index (Phi) is 3.70. The molecule has 2 aromatic carbocycles. The number of carboxylic acids is 1. The summed E-state index contributed by atoms with van der Waals surface area (Å²) >= 11 is 1.09. The van der Waals surface area contributed by atoms with Crippen LogP contribution in [0.25, 0.3) is 11.1 Å². The van der Waals surface area contributed by atoms with Gasteiger partial charge in [0.25, 0.3) is 11.8 Å². The first-order valence-corrected chi connectivity index (χ1v) is 8.77. The maximum atomic E-state index is 12.7. The van der Waals surface area contributed by atoms with Crippen LogP contribution in [0, 0.1) is 6.92 Å². The first-order valence-electron chi connectivity index (χ1n) is 7.89. The van der Waals surface area contributed by atoms with Gasteiger partial charge in [-0.25, -0.2) is 9.69 Å². The predicted octanol–water partition coefficient (Wildman–Crippen LogP) is 4.22. The van der Waals surface area contributed by atoms with Crippen molar-refractivity contribution in [1.29, 1.82) is 0 Å². The number of nitrogens with zero attached hydrogens (tertiary/aromatic N) is 1. The number of anilines is 1. The molecule has 6 heteroatoms. The Labute approximate surface area is 153 Å². The van der Waals surface area contributed by atoms with Gasteiger partial charge in [0.05, 0.1) is 11.1 Å². The third-order valence-corrected chi connectivity index (χ3v) is 5.38. The molecule has 1 N–H and O–H groups in total. The normalized spacial score (nSPS) is 13.2. The van der Waals surface area contributed by atoms with Gasteiger partial charge in [-0.3, -0.25) is 9.59 Å². The smallest absolute Gasteiger partial charge is 0.339 e. The number of benzene rings is 2. The number of carboxylic acid groups (broad SMARTS) is 1. The summed E-state index contributed by atoms with van der Waals surface area (Å²) in [4.78, 5) is 38.4. The van der Waals surface area contributed by atoms with Crippen LogP contribution in [-0.2, 0) is 0 Å². The van der Waals surface area contributed by atoms with Crippen molar-refractivity contribution in [3.63, 3.8) is 0 Å². The number of fused-ring (bicyclic) bond motifs is 1. The number of amides is 2. The molecule has 0 saturated carbocycles. The van der Waals surface area contributed by atoms with Crippen molar-refractivity contribution in [2.75, 3.05) is 4.90 Å². The lowest BCUT2D eigenvalue weighted by molar-refractivity contribution is 0.0699. The fourth-order valence-electron chi connectivity index (χ4n) is 3.17. The maximum Gasteiger partial charge on any atom is 0.339 e. The Hall–Kier alpha value is -3.25. The summed E-state index contributed by atoms with van der Waals surface area (Å²) in [6, 6.07) is 13.9. The lowest BCUT2D eigenvalue weighted by Crippen LogP contribution is -2.30. The highest BCUT2D eigenvalue weighted by molar-refractivity contribution is 7.15. The van der Waals surface area contributed by atoms with Gasteiger partial charge < -0.3 is 5.11 Å². The van der Waals surface area contributed by atoms with Gasteiger partial charge in [-0.1, -0.05) is 36.4 Å². The summed E-state index contributed by atoms with van der Waals surface area (Å²) in [6.07, 6.45) is 0. The fourth-order valence-corrected chi connectivity index (χ4v) is 4.23. The van der Waals surface area contributed by atoms with Crippen LogP contribution in [0.15, 0.2) is 53.9 Å². The molecule has 26 heavy (non-hydrogen) atoms. The van der Waals surface area contributed by atoms with E-state index in [-0.39, 0.29) is 10.6 Å². The molecule has 0 unspecified atom stereocenters. The second-order valence-electron chi connectivity index (χ2n) is 5.94. The number of aromatic carboxylic acids is 1. The molecule has 0 atom stereocenters. The van der Waals surface area contributed by atoms with E-state index < -0.39 is 17.8 Å². The van der Waals surface area contributed by atoms with Crippen LogP contribution < -0.4 is 4.90 Å². The van der Waals surface area contributed by atoms with Crippen LogP contribution in [0.2, 0.25) is 0 Å². The highest BCUT2D eigenvalue weighted by Crippen LogP contribution is 2.41. The molecule has 1 aliphatic heterocycles. The number of aryl methyl sites for hydroxylation is 1. The van der Waals surface area contributed by atoms with E-state index in [1.54, 1.807) is 29.6 Å². The van der Waals surface area contributed by atoms with Crippen LogP contribution in [0.5, 0.6) is 0 Å². The molecule has 1 aliphatic rings. The van der Waals surface area contributed by atoms with Crippen molar-refractivity contribution < 1.29 is 19.5 Å². The summed E-state index contributed by atoms with van der Waals surface area (Å²) in [7, 11) is 0. The van der Waals surface area contributed by atoms with Gasteiger partial charge in [-0.05, 0) is 30.2 Å². The number of hydrogen-bond acceptors (Lipinski definition) is 4. The molecule has 128 valence electrons. The minimum absolute atomic E-state index is 0.0289. The van der Waals surface area contributed by atoms with Gasteiger partial charge >= 0.3 is 5.97 Å². The minimum Gasteiger partial charge on any atom is -0.478 e. The second kappa shape index (κ2) is 5.93. The van der Waals surface area contributed by atoms with Crippen molar-refractivity contribution in [1.82, 2.24) is 0 Å². The fraction of sp³-hybridized carbons (Fsp3) is 0.0500. The molecule has 2 amide bonds. The van der Waals surface area contributed by atoms with Crippen molar-refractivity contribution in [3.8, 4) is 11.1 Å². The van der Waals surface area contributed by atoms with E-state index >= 15 is 0 Å². The van der Waals surface area contributed by atoms with E-state index in [2.05, 4.69) is 0 Å². The highest BCUT2D eigenvalue weighted by Gasteiger charge is 2.40. The van der Waals surface area contributed by atoms with Gasteiger partial charge in [0.1, 0.15) is 10.6 Å². The first kappa shape index (κ1) is 16.2. The quantitative estimate of drug-likeness (QED) is 0.707. The van der Waals surface area contributed by atoms with Crippen LogP contribution in [0.4, 0.5) is 5.00 Å². The lowest BCUT2D eigenvalue weighted by atomic mass is 9.99. The minimum atomic E-state index is -1.17. The Bertz CT molecular complexity index is 1050. The average molecular weight is 363 g/mol. The molecule has 0 saturated heterocycles. The summed E-state index contributed by atoms with van der Waals surface area (Å²) in [5.74, 6) is -2.16. The number of hydrogen-bond donors (Lipinski definition) is 1.